The largest absolute Gasteiger partial charge is 0.388 e. The molecule has 2 aromatic rings. The Bertz CT molecular complexity index is 601. The van der Waals surface area contributed by atoms with Crippen LogP contribution in [0.3, 0.4) is 0 Å². The van der Waals surface area contributed by atoms with Crippen LogP contribution < -0.4 is 0 Å². The quantitative estimate of drug-likeness (QED) is 0.846. The molecule has 19 heavy (non-hydrogen) atoms. The van der Waals surface area contributed by atoms with Gasteiger partial charge in [0.25, 0.3) is 0 Å². The standard InChI is InChI=1S/C15H13BrClFO/c1-9-3-2-4-12(15(9)17)14(19)8-10-7-11(18)5-6-13(10)16/h2-7,14,19H,8H2,1H3. The van der Waals surface area contributed by atoms with Gasteiger partial charge in [0.1, 0.15) is 5.82 Å². The van der Waals surface area contributed by atoms with Gasteiger partial charge in [0.15, 0.2) is 0 Å². The SMILES string of the molecule is Cc1cccc(C(O)Cc2cc(F)ccc2Br)c1Cl. The molecular weight excluding hydrogens is 331 g/mol. The number of aliphatic hydroxyl groups is 1. The number of rotatable bonds is 3. The predicted octanol–water partition coefficient (Wildman–Crippen LogP) is 4.83. The molecule has 1 N–H and O–H groups in total. The summed E-state index contributed by atoms with van der Waals surface area (Å²) < 4.78 is 14.0. The Hall–Kier alpha value is -0.900. The average Bonchev–Trinajstić information content (AvgIpc) is 2.37. The van der Waals surface area contributed by atoms with Gasteiger partial charge in [0, 0.05) is 15.9 Å². The maximum Gasteiger partial charge on any atom is 0.123 e. The molecule has 0 saturated carbocycles. The van der Waals surface area contributed by atoms with Crippen molar-refractivity contribution in [3.8, 4) is 0 Å². The minimum Gasteiger partial charge on any atom is -0.388 e. The van der Waals surface area contributed by atoms with Gasteiger partial charge in [-0.2, -0.15) is 0 Å². The first-order valence-electron chi connectivity index (χ1n) is 5.86. The molecule has 4 heteroatoms. The Morgan fingerprint density at radius 1 is 1.32 bits per heavy atom. The van der Waals surface area contributed by atoms with E-state index in [9.17, 15) is 9.50 Å². The van der Waals surface area contributed by atoms with Crippen molar-refractivity contribution < 1.29 is 9.50 Å². The van der Waals surface area contributed by atoms with Crippen LogP contribution in [-0.4, -0.2) is 5.11 Å². The Balaban J connectivity index is 2.28. The van der Waals surface area contributed by atoms with Crippen molar-refractivity contribution in [3.05, 3.63) is 68.4 Å². The summed E-state index contributed by atoms with van der Waals surface area (Å²) in [4.78, 5) is 0. The first-order chi connectivity index (χ1) is 8.99. The summed E-state index contributed by atoms with van der Waals surface area (Å²) in [7, 11) is 0. The van der Waals surface area contributed by atoms with Crippen molar-refractivity contribution in [2.45, 2.75) is 19.4 Å². The van der Waals surface area contributed by atoms with Gasteiger partial charge in [0.2, 0.25) is 0 Å². The molecule has 1 unspecified atom stereocenters. The van der Waals surface area contributed by atoms with Crippen LogP contribution in [0, 0.1) is 12.7 Å². The van der Waals surface area contributed by atoms with Crippen molar-refractivity contribution in [3.63, 3.8) is 0 Å². The van der Waals surface area contributed by atoms with Crippen LogP contribution in [0.1, 0.15) is 22.8 Å². The number of aryl methyl sites for hydroxylation is 1. The third-order valence-electron chi connectivity index (χ3n) is 3.00. The molecule has 100 valence electrons. The topological polar surface area (TPSA) is 20.2 Å². The molecule has 1 atom stereocenters. The van der Waals surface area contributed by atoms with Gasteiger partial charge >= 0.3 is 0 Å². The smallest absolute Gasteiger partial charge is 0.123 e. The van der Waals surface area contributed by atoms with Crippen LogP contribution in [0.25, 0.3) is 0 Å². The maximum absolute atomic E-state index is 13.2. The minimum atomic E-state index is -0.759. The second-order valence-electron chi connectivity index (χ2n) is 4.43. The van der Waals surface area contributed by atoms with E-state index in [4.69, 9.17) is 11.6 Å². The van der Waals surface area contributed by atoms with Crippen molar-refractivity contribution >= 4 is 27.5 Å². The van der Waals surface area contributed by atoms with E-state index in [1.165, 1.54) is 12.1 Å². The molecule has 1 nitrogen and oxygen atoms in total. The second-order valence-corrected chi connectivity index (χ2v) is 5.67. The lowest BCUT2D eigenvalue weighted by Gasteiger charge is -2.15. The molecule has 0 amide bonds. The van der Waals surface area contributed by atoms with E-state index >= 15 is 0 Å². The van der Waals surface area contributed by atoms with Crippen molar-refractivity contribution in [2.75, 3.05) is 0 Å². The first-order valence-corrected chi connectivity index (χ1v) is 7.03. The van der Waals surface area contributed by atoms with Crippen molar-refractivity contribution in [1.29, 1.82) is 0 Å². The summed E-state index contributed by atoms with van der Waals surface area (Å²) >= 11 is 9.53. The number of halogens is 3. The summed E-state index contributed by atoms with van der Waals surface area (Å²) in [5.41, 5.74) is 2.29. The zero-order valence-corrected chi connectivity index (χ0v) is 12.7. The molecule has 0 aromatic heterocycles. The summed E-state index contributed by atoms with van der Waals surface area (Å²) in [5.74, 6) is -0.319. The highest BCUT2D eigenvalue weighted by atomic mass is 79.9. The van der Waals surface area contributed by atoms with Crippen molar-refractivity contribution in [1.82, 2.24) is 0 Å². The maximum atomic E-state index is 13.2. The highest BCUT2D eigenvalue weighted by Crippen LogP contribution is 2.30. The van der Waals surface area contributed by atoms with Crippen LogP contribution in [0.4, 0.5) is 4.39 Å². The molecule has 0 aliphatic heterocycles. The third kappa shape index (κ3) is 3.35. The van der Waals surface area contributed by atoms with Gasteiger partial charge in [-0.15, -0.1) is 0 Å². The molecular formula is C15H13BrClFO. The Kier molecular flexibility index (Phi) is 4.61. The van der Waals surface area contributed by atoms with Crippen LogP contribution in [0.2, 0.25) is 5.02 Å². The van der Waals surface area contributed by atoms with Gasteiger partial charge < -0.3 is 5.11 Å². The number of aliphatic hydroxyl groups excluding tert-OH is 1. The highest BCUT2D eigenvalue weighted by molar-refractivity contribution is 9.10. The fraction of sp³-hybridized carbons (Fsp3) is 0.200. The van der Waals surface area contributed by atoms with Crippen LogP contribution in [0.5, 0.6) is 0 Å². The molecule has 0 aliphatic rings. The van der Waals surface area contributed by atoms with E-state index in [-0.39, 0.29) is 5.82 Å². The normalized spacial score (nSPS) is 12.5. The Labute approximate surface area is 125 Å². The highest BCUT2D eigenvalue weighted by Gasteiger charge is 2.15. The monoisotopic (exact) mass is 342 g/mol. The lowest BCUT2D eigenvalue weighted by molar-refractivity contribution is 0.178. The summed E-state index contributed by atoms with van der Waals surface area (Å²) in [5, 5.41) is 10.8. The van der Waals surface area contributed by atoms with Crippen molar-refractivity contribution in [2.24, 2.45) is 0 Å². The van der Waals surface area contributed by atoms with Crippen LogP contribution in [0.15, 0.2) is 40.9 Å². The number of hydrogen-bond acceptors (Lipinski definition) is 1. The van der Waals surface area contributed by atoms with Gasteiger partial charge in [-0.1, -0.05) is 45.7 Å². The first kappa shape index (κ1) is 14.5. The Morgan fingerprint density at radius 3 is 2.79 bits per heavy atom. The second kappa shape index (κ2) is 6.04. The van der Waals surface area contributed by atoms with E-state index < -0.39 is 6.10 Å². The fourth-order valence-corrected chi connectivity index (χ4v) is 2.61. The average molecular weight is 344 g/mol. The zero-order valence-electron chi connectivity index (χ0n) is 10.3. The molecule has 0 fully saturated rings. The summed E-state index contributed by atoms with van der Waals surface area (Å²) in [6, 6.07) is 9.94. The molecule has 0 radical (unpaired) electrons. The van der Waals surface area contributed by atoms with Crippen LogP contribution in [-0.2, 0) is 6.42 Å². The third-order valence-corrected chi connectivity index (χ3v) is 4.29. The van der Waals surface area contributed by atoms with Crippen LogP contribution >= 0.6 is 27.5 Å². The molecule has 0 aliphatic carbocycles. The van der Waals surface area contributed by atoms with Gasteiger partial charge in [-0.25, -0.2) is 4.39 Å². The predicted molar refractivity (Wildman–Crippen MR) is 79.0 cm³/mol. The molecule has 2 aromatic carbocycles. The van der Waals surface area contributed by atoms with E-state index in [1.54, 1.807) is 12.1 Å². The van der Waals surface area contributed by atoms with E-state index in [0.717, 1.165) is 10.0 Å². The molecule has 0 spiro atoms. The fourth-order valence-electron chi connectivity index (χ4n) is 1.95. The minimum absolute atomic E-state index is 0.307. The lowest BCUT2D eigenvalue weighted by Crippen LogP contribution is -2.04. The van der Waals surface area contributed by atoms with Gasteiger partial charge in [-0.3, -0.25) is 0 Å². The molecule has 0 heterocycles. The zero-order chi connectivity index (χ0) is 14.0. The summed E-state index contributed by atoms with van der Waals surface area (Å²) in [6.07, 6.45) is -0.452. The molecule has 0 saturated heterocycles. The number of benzene rings is 2. The van der Waals surface area contributed by atoms with E-state index in [2.05, 4.69) is 15.9 Å². The Morgan fingerprint density at radius 2 is 2.05 bits per heavy atom. The van der Waals surface area contributed by atoms with E-state index in [0.29, 0.717) is 22.6 Å². The van der Waals surface area contributed by atoms with E-state index in [1.807, 2.05) is 19.1 Å². The number of hydrogen-bond donors (Lipinski definition) is 1. The summed E-state index contributed by atoms with van der Waals surface area (Å²) in [6.45, 7) is 1.89. The van der Waals surface area contributed by atoms with Gasteiger partial charge in [0.05, 0.1) is 6.10 Å². The molecule has 0 bridgehead atoms. The molecule has 2 rings (SSSR count). The lowest BCUT2D eigenvalue weighted by atomic mass is 10.00. The van der Waals surface area contributed by atoms with Gasteiger partial charge in [-0.05, 0) is 41.8 Å².